The van der Waals surface area contributed by atoms with Crippen LogP contribution in [0.5, 0.6) is 5.75 Å². The number of hydrogen-bond donors (Lipinski definition) is 3. The van der Waals surface area contributed by atoms with Gasteiger partial charge in [-0.2, -0.15) is 0 Å². The zero-order chi connectivity index (χ0) is 17.6. The van der Waals surface area contributed by atoms with E-state index >= 15 is 0 Å². The van der Waals surface area contributed by atoms with Crippen molar-refractivity contribution in [3.05, 3.63) is 28.8 Å². The third-order valence-corrected chi connectivity index (χ3v) is 3.67. The van der Waals surface area contributed by atoms with Crippen molar-refractivity contribution < 1.29 is 24.5 Å². The van der Waals surface area contributed by atoms with E-state index in [-0.39, 0.29) is 6.04 Å². The second kappa shape index (κ2) is 8.74. The van der Waals surface area contributed by atoms with Crippen molar-refractivity contribution in [2.45, 2.75) is 39.3 Å². The molecule has 7 heteroatoms. The van der Waals surface area contributed by atoms with Crippen molar-refractivity contribution in [1.82, 2.24) is 5.32 Å². The number of carbonyl (C=O) groups is 2. The lowest BCUT2D eigenvalue weighted by Crippen LogP contribution is -2.29. The molecule has 1 saturated heterocycles. The molecule has 1 fully saturated rings. The second-order valence-electron chi connectivity index (χ2n) is 5.65. The third kappa shape index (κ3) is 6.46. The molecular weight excluding hydrogens is 322 g/mol. The number of aliphatic carboxylic acids is 2. The SMILES string of the molecule is CC1CNC(C(=O)O)C1.Cc1cc(Cl)ccc1OC(C)C(=O)O. The molecule has 0 aromatic heterocycles. The first-order chi connectivity index (χ1) is 10.7. The monoisotopic (exact) mass is 343 g/mol. The lowest BCUT2D eigenvalue weighted by molar-refractivity contribution is -0.144. The summed E-state index contributed by atoms with van der Waals surface area (Å²) in [5.41, 5.74) is 0.825. The van der Waals surface area contributed by atoms with Crippen molar-refractivity contribution in [2.75, 3.05) is 6.54 Å². The Hall–Kier alpha value is -1.79. The molecule has 6 nitrogen and oxygen atoms in total. The highest BCUT2D eigenvalue weighted by atomic mass is 35.5. The van der Waals surface area contributed by atoms with Gasteiger partial charge in [0.25, 0.3) is 0 Å². The Bertz CT molecular complexity index is 563. The Morgan fingerprint density at radius 2 is 2.04 bits per heavy atom. The van der Waals surface area contributed by atoms with Gasteiger partial charge in [0.1, 0.15) is 11.8 Å². The highest BCUT2D eigenvalue weighted by molar-refractivity contribution is 6.30. The van der Waals surface area contributed by atoms with E-state index in [4.69, 9.17) is 26.6 Å². The fraction of sp³-hybridized carbons (Fsp3) is 0.500. The molecular formula is C16H22ClNO5. The summed E-state index contributed by atoms with van der Waals surface area (Å²) in [5, 5.41) is 20.6. The minimum absolute atomic E-state index is 0.292. The number of benzene rings is 1. The summed E-state index contributed by atoms with van der Waals surface area (Å²) < 4.78 is 5.20. The highest BCUT2D eigenvalue weighted by Gasteiger charge is 2.25. The lowest BCUT2D eigenvalue weighted by Gasteiger charge is -2.12. The summed E-state index contributed by atoms with van der Waals surface area (Å²) in [6, 6.07) is 4.76. The molecule has 23 heavy (non-hydrogen) atoms. The predicted molar refractivity (Wildman–Crippen MR) is 87.1 cm³/mol. The van der Waals surface area contributed by atoms with E-state index in [1.54, 1.807) is 18.2 Å². The van der Waals surface area contributed by atoms with Crippen molar-refractivity contribution in [2.24, 2.45) is 5.92 Å². The second-order valence-corrected chi connectivity index (χ2v) is 6.08. The predicted octanol–water partition coefficient (Wildman–Crippen LogP) is 2.57. The number of ether oxygens (including phenoxy) is 1. The maximum Gasteiger partial charge on any atom is 0.344 e. The van der Waals surface area contributed by atoms with E-state index in [1.165, 1.54) is 6.92 Å². The van der Waals surface area contributed by atoms with Crippen molar-refractivity contribution in [3.63, 3.8) is 0 Å². The normalized spacial score (nSPS) is 21.0. The quantitative estimate of drug-likeness (QED) is 0.777. The van der Waals surface area contributed by atoms with Crippen LogP contribution in [0.25, 0.3) is 0 Å². The van der Waals surface area contributed by atoms with Gasteiger partial charge in [-0.25, -0.2) is 4.79 Å². The van der Waals surface area contributed by atoms with Crippen LogP contribution in [0, 0.1) is 12.8 Å². The number of rotatable bonds is 4. The summed E-state index contributed by atoms with van der Waals surface area (Å²) in [7, 11) is 0. The number of carboxylic acids is 2. The minimum atomic E-state index is -0.987. The van der Waals surface area contributed by atoms with Crippen molar-refractivity contribution >= 4 is 23.5 Å². The standard InChI is InChI=1S/C10H11ClO3.C6H11NO2/c1-6-5-8(11)3-4-9(6)14-7(2)10(12)13;1-4-2-5(6(8)9)7-3-4/h3-5,7H,1-2H3,(H,12,13);4-5,7H,2-3H2,1H3,(H,8,9). The summed E-state index contributed by atoms with van der Waals surface area (Å²) >= 11 is 5.74. The highest BCUT2D eigenvalue weighted by Crippen LogP contribution is 2.22. The summed E-state index contributed by atoms with van der Waals surface area (Å²) in [4.78, 5) is 20.8. The number of aryl methyl sites for hydroxylation is 1. The van der Waals surface area contributed by atoms with Gasteiger partial charge in [-0.15, -0.1) is 0 Å². The molecule has 1 heterocycles. The van der Waals surface area contributed by atoms with Gasteiger partial charge in [0, 0.05) is 5.02 Å². The molecule has 0 bridgehead atoms. The first-order valence-corrected chi connectivity index (χ1v) is 7.70. The van der Waals surface area contributed by atoms with Crippen LogP contribution >= 0.6 is 11.6 Å². The molecule has 0 spiro atoms. The first-order valence-electron chi connectivity index (χ1n) is 7.32. The van der Waals surface area contributed by atoms with Gasteiger partial charge in [-0.1, -0.05) is 18.5 Å². The Morgan fingerprint density at radius 1 is 1.39 bits per heavy atom. The van der Waals surface area contributed by atoms with Crippen LogP contribution in [0.3, 0.4) is 0 Å². The van der Waals surface area contributed by atoms with E-state index in [2.05, 4.69) is 12.2 Å². The fourth-order valence-corrected chi connectivity index (χ4v) is 2.31. The van der Waals surface area contributed by atoms with Gasteiger partial charge in [0.2, 0.25) is 0 Å². The number of carboxylic acid groups (broad SMARTS) is 2. The topological polar surface area (TPSA) is 95.9 Å². The summed E-state index contributed by atoms with van der Waals surface area (Å²) in [5.74, 6) is -0.644. The lowest BCUT2D eigenvalue weighted by atomic mass is 10.1. The molecule has 0 radical (unpaired) electrons. The molecule has 0 amide bonds. The van der Waals surface area contributed by atoms with E-state index in [0.717, 1.165) is 18.5 Å². The van der Waals surface area contributed by atoms with E-state index in [9.17, 15) is 9.59 Å². The van der Waals surface area contributed by atoms with Crippen LogP contribution in [-0.2, 0) is 9.59 Å². The van der Waals surface area contributed by atoms with Gasteiger partial charge >= 0.3 is 11.9 Å². The third-order valence-electron chi connectivity index (χ3n) is 3.44. The van der Waals surface area contributed by atoms with Crippen LogP contribution in [0.2, 0.25) is 5.02 Å². The molecule has 3 unspecified atom stereocenters. The fourth-order valence-electron chi connectivity index (χ4n) is 2.09. The molecule has 2 rings (SSSR count). The van der Waals surface area contributed by atoms with Crippen LogP contribution in [-0.4, -0.2) is 40.8 Å². The van der Waals surface area contributed by atoms with Gasteiger partial charge in [0.05, 0.1) is 0 Å². The molecule has 1 aliphatic rings. The van der Waals surface area contributed by atoms with E-state index in [0.29, 0.717) is 16.7 Å². The van der Waals surface area contributed by atoms with Crippen molar-refractivity contribution in [3.8, 4) is 5.75 Å². The Balaban J connectivity index is 0.000000253. The first kappa shape index (κ1) is 19.3. The Labute approximate surface area is 140 Å². The largest absolute Gasteiger partial charge is 0.480 e. The van der Waals surface area contributed by atoms with Gasteiger partial charge in [0.15, 0.2) is 6.10 Å². The van der Waals surface area contributed by atoms with Gasteiger partial charge in [-0.05, 0) is 56.5 Å². The molecule has 128 valence electrons. The Morgan fingerprint density at radius 3 is 2.43 bits per heavy atom. The zero-order valence-electron chi connectivity index (χ0n) is 13.4. The number of halogens is 1. The Kier molecular flexibility index (Phi) is 7.32. The maximum atomic E-state index is 10.5. The van der Waals surface area contributed by atoms with Gasteiger partial charge in [-0.3, -0.25) is 4.79 Å². The molecule has 0 aliphatic carbocycles. The average molecular weight is 344 g/mol. The van der Waals surface area contributed by atoms with Crippen LogP contribution in [0.4, 0.5) is 0 Å². The van der Waals surface area contributed by atoms with Crippen LogP contribution < -0.4 is 10.1 Å². The molecule has 1 aromatic carbocycles. The molecule has 3 N–H and O–H groups in total. The summed E-state index contributed by atoms with van der Waals surface area (Å²) in [6.45, 7) is 6.19. The van der Waals surface area contributed by atoms with E-state index < -0.39 is 18.0 Å². The zero-order valence-corrected chi connectivity index (χ0v) is 14.1. The average Bonchev–Trinajstić information content (AvgIpc) is 2.89. The minimum Gasteiger partial charge on any atom is -0.480 e. The smallest absolute Gasteiger partial charge is 0.344 e. The summed E-state index contributed by atoms with van der Waals surface area (Å²) in [6.07, 6.45) is -0.0788. The molecule has 1 aromatic rings. The van der Waals surface area contributed by atoms with E-state index in [1.807, 2.05) is 6.92 Å². The number of nitrogens with one attached hydrogen (secondary N) is 1. The molecule has 1 aliphatic heterocycles. The maximum absolute atomic E-state index is 10.5. The molecule has 0 saturated carbocycles. The molecule has 3 atom stereocenters. The van der Waals surface area contributed by atoms with Gasteiger partial charge < -0.3 is 20.3 Å². The van der Waals surface area contributed by atoms with Crippen LogP contribution in [0.15, 0.2) is 18.2 Å². The van der Waals surface area contributed by atoms with Crippen LogP contribution in [0.1, 0.15) is 25.8 Å². The van der Waals surface area contributed by atoms with Crippen molar-refractivity contribution in [1.29, 1.82) is 0 Å². The number of hydrogen-bond acceptors (Lipinski definition) is 4.